The minimum Gasteiger partial charge on any atom is -0.317 e. The molecule has 3 rings (SSSR count). The Balaban J connectivity index is 2.44. The van der Waals surface area contributed by atoms with Gasteiger partial charge in [-0.25, -0.2) is 0 Å². The van der Waals surface area contributed by atoms with Crippen LogP contribution in [-0.4, -0.2) is 20.1 Å². The average molecular weight is 345 g/mol. The van der Waals surface area contributed by atoms with Crippen LogP contribution in [0.5, 0.6) is 0 Å². The first-order chi connectivity index (χ1) is 11.2. The Kier molecular flexibility index (Phi) is 3.99. The zero-order valence-corrected chi connectivity index (χ0v) is 14.8. The van der Waals surface area contributed by atoms with Crippen LogP contribution < -0.4 is 0 Å². The number of alkyl halides is 3. The van der Waals surface area contributed by atoms with Crippen molar-refractivity contribution in [2.75, 3.05) is 0 Å². The third-order valence-electron chi connectivity index (χ3n) is 3.74. The fourth-order valence-electron chi connectivity index (χ4n) is 2.86. The molecule has 0 spiro atoms. The molecule has 0 aliphatic rings. The summed E-state index contributed by atoms with van der Waals surface area (Å²) < 4.78 is 45.4. The Morgan fingerprint density at radius 2 is 1.38 bits per heavy atom. The first kappa shape index (κ1) is 16.7. The van der Waals surface area contributed by atoms with Gasteiger partial charge in [0.1, 0.15) is 5.71 Å². The number of hydrogen-bond acceptors (Lipinski definition) is 1. The minimum absolute atomic E-state index is 0.166. The maximum Gasteiger partial charge on any atom is 0.432 e. The number of halogens is 3. The second kappa shape index (κ2) is 5.74. The van der Waals surface area contributed by atoms with Crippen molar-refractivity contribution < 1.29 is 13.2 Å². The molecule has 0 aliphatic heterocycles. The van der Waals surface area contributed by atoms with E-state index < -0.39 is 20.1 Å². The van der Waals surface area contributed by atoms with E-state index >= 15 is 0 Å². The molecule has 3 aromatic carbocycles. The van der Waals surface area contributed by atoms with Crippen LogP contribution in [-0.2, 0) is 0 Å². The second-order valence-electron chi connectivity index (χ2n) is 6.82. The molecule has 0 unspecified atom stereocenters. The smallest absolute Gasteiger partial charge is 0.317 e. The van der Waals surface area contributed by atoms with Gasteiger partial charge >= 0.3 is 6.18 Å². The van der Waals surface area contributed by atoms with Gasteiger partial charge < -0.3 is 4.66 Å². The zero-order valence-electron chi connectivity index (χ0n) is 13.8. The van der Waals surface area contributed by atoms with Gasteiger partial charge in [-0.2, -0.15) is 13.2 Å². The summed E-state index contributed by atoms with van der Waals surface area (Å²) in [7, 11) is -2.30. The average Bonchev–Trinajstić information content (AvgIpc) is 2.50. The number of rotatable bonds is 2. The van der Waals surface area contributed by atoms with Crippen LogP contribution in [0.2, 0.25) is 19.6 Å². The number of fused-ring (bicyclic) bond motifs is 3. The molecule has 0 saturated carbocycles. The molecule has 24 heavy (non-hydrogen) atoms. The molecule has 0 N–H and O–H groups in total. The van der Waals surface area contributed by atoms with E-state index in [1.54, 1.807) is 18.2 Å². The van der Waals surface area contributed by atoms with E-state index in [2.05, 4.69) is 4.66 Å². The van der Waals surface area contributed by atoms with Crippen LogP contribution in [0.15, 0.2) is 59.3 Å². The predicted molar refractivity (Wildman–Crippen MR) is 97.4 cm³/mol. The predicted octanol–water partition coefficient (Wildman–Crippen LogP) is 6.18. The lowest BCUT2D eigenvalue weighted by atomic mass is 9.95. The molecule has 0 aliphatic carbocycles. The van der Waals surface area contributed by atoms with Crippen molar-refractivity contribution in [1.82, 2.24) is 0 Å². The van der Waals surface area contributed by atoms with E-state index in [4.69, 9.17) is 0 Å². The molecule has 3 aromatic rings. The quantitative estimate of drug-likeness (QED) is 0.299. The molecule has 0 radical (unpaired) electrons. The molecule has 1 nitrogen and oxygen atoms in total. The number of benzene rings is 3. The Hall–Kier alpha value is -2.14. The number of nitrogens with zero attached hydrogens (tertiary/aromatic N) is 1. The Labute approximate surface area is 139 Å². The Bertz CT molecular complexity index is 937. The van der Waals surface area contributed by atoms with E-state index in [0.717, 1.165) is 16.2 Å². The van der Waals surface area contributed by atoms with E-state index in [1.165, 1.54) is 0 Å². The SMILES string of the molecule is C[Si](C)(C)/N=C(\c1cc2ccccc2c2ccccc12)C(F)(F)F. The van der Waals surface area contributed by atoms with E-state index in [0.29, 0.717) is 5.39 Å². The van der Waals surface area contributed by atoms with Gasteiger partial charge in [0, 0.05) is 5.56 Å². The second-order valence-corrected chi connectivity index (χ2v) is 11.4. The van der Waals surface area contributed by atoms with Crippen LogP contribution >= 0.6 is 0 Å². The first-order valence-corrected chi connectivity index (χ1v) is 11.2. The molecule has 0 heterocycles. The lowest BCUT2D eigenvalue weighted by Crippen LogP contribution is -2.30. The van der Waals surface area contributed by atoms with E-state index in [1.807, 2.05) is 56.0 Å². The summed E-state index contributed by atoms with van der Waals surface area (Å²) in [4.78, 5) is 0. The van der Waals surface area contributed by atoms with Crippen LogP contribution in [0.25, 0.3) is 21.5 Å². The normalized spacial score (nSPS) is 13.7. The lowest BCUT2D eigenvalue weighted by Gasteiger charge is -2.19. The summed E-state index contributed by atoms with van der Waals surface area (Å²) in [6.45, 7) is 5.42. The Morgan fingerprint density at radius 1 is 0.833 bits per heavy atom. The standard InChI is InChI=1S/C19H18F3NSi/c1-24(2,3)23-18(19(20,21)22)17-12-13-8-4-5-9-14(13)15-10-6-7-11-16(15)17/h4-12H,1-3H3/b23-18+. The summed E-state index contributed by atoms with van der Waals surface area (Å²) >= 11 is 0. The molecule has 0 fully saturated rings. The van der Waals surface area contributed by atoms with Gasteiger partial charge in [-0.1, -0.05) is 48.5 Å². The van der Waals surface area contributed by atoms with Crippen LogP contribution in [0.4, 0.5) is 13.2 Å². The van der Waals surface area contributed by atoms with Gasteiger partial charge in [0.25, 0.3) is 0 Å². The van der Waals surface area contributed by atoms with Gasteiger partial charge in [-0.15, -0.1) is 0 Å². The number of hydrogen-bond donors (Lipinski definition) is 0. The maximum absolute atomic E-state index is 13.8. The highest BCUT2D eigenvalue weighted by atomic mass is 28.3. The first-order valence-electron chi connectivity index (χ1n) is 7.75. The Morgan fingerprint density at radius 3 is 1.96 bits per heavy atom. The van der Waals surface area contributed by atoms with Crippen LogP contribution in [0.3, 0.4) is 0 Å². The minimum atomic E-state index is -4.48. The van der Waals surface area contributed by atoms with Gasteiger partial charge in [0.2, 0.25) is 0 Å². The molecule has 0 atom stereocenters. The summed E-state index contributed by atoms with van der Waals surface area (Å²) in [5.74, 6) is 0. The molecule has 0 amide bonds. The molecule has 5 heteroatoms. The molecule has 124 valence electrons. The fourth-order valence-corrected chi connectivity index (χ4v) is 3.78. The summed E-state index contributed by atoms with van der Waals surface area (Å²) in [6, 6.07) is 16.3. The third kappa shape index (κ3) is 3.22. The van der Waals surface area contributed by atoms with Crippen molar-refractivity contribution in [3.8, 4) is 0 Å². The maximum atomic E-state index is 13.8. The largest absolute Gasteiger partial charge is 0.432 e. The van der Waals surface area contributed by atoms with Gasteiger partial charge in [0.05, 0.1) is 0 Å². The van der Waals surface area contributed by atoms with Crippen LogP contribution in [0, 0.1) is 0 Å². The molecule has 0 aromatic heterocycles. The summed E-state index contributed by atoms with van der Waals surface area (Å²) in [5, 5.41) is 3.15. The third-order valence-corrected chi connectivity index (χ3v) is 4.63. The van der Waals surface area contributed by atoms with Crippen molar-refractivity contribution in [1.29, 1.82) is 0 Å². The van der Waals surface area contributed by atoms with Crippen molar-refractivity contribution in [3.63, 3.8) is 0 Å². The van der Waals surface area contributed by atoms with Gasteiger partial charge in [0.15, 0.2) is 8.24 Å². The highest BCUT2D eigenvalue weighted by Gasteiger charge is 2.38. The summed E-state index contributed by atoms with van der Waals surface area (Å²) in [6.07, 6.45) is -4.48. The molecular weight excluding hydrogens is 327 g/mol. The topological polar surface area (TPSA) is 12.4 Å². The fraction of sp³-hybridized carbons (Fsp3) is 0.211. The molecule has 0 saturated heterocycles. The zero-order chi connectivity index (χ0) is 17.5. The molecule has 0 bridgehead atoms. The molecular formula is C19H18F3NSi. The highest BCUT2D eigenvalue weighted by Crippen LogP contribution is 2.33. The van der Waals surface area contributed by atoms with Crippen molar-refractivity contribution >= 4 is 35.5 Å². The summed E-state index contributed by atoms with van der Waals surface area (Å²) in [5.41, 5.74) is -0.595. The van der Waals surface area contributed by atoms with E-state index in [-0.39, 0.29) is 5.56 Å². The van der Waals surface area contributed by atoms with Crippen molar-refractivity contribution in [2.45, 2.75) is 25.8 Å². The van der Waals surface area contributed by atoms with Gasteiger partial charge in [-0.05, 0) is 47.3 Å². The lowest BCUT2D eigenvalue weighted by molar-refractivity contribution is -0.0578. The monoisotopic (exact) mass is 345 g/mol. The highest BCUT2D eigenvalue weighted by molar-refractivity contribution is 6.75. The van der Waals surface area contributed by atoms with Crippen molar-refractivity contribution in [3.05, 3.63) is 60.2 Å². The van der Waals surface area contributed by atoms with E-state index in [9.17, 15) is 13.2 Å². The van der Waals surface area contributed by atoms with Gasteiger partial charge in [-0.3, -0.25) is 0 Å². The van der Waals surface area contributed by atoms with Crippen molar-refractivity contribution in [2.24, 2.45) is 4.66 Å². The van der Waals surface area contributed by atoms with Crippen LogP contribution in [0.1, 0.15) is 5.56 Å².